The van der Waals surface area contributed by atoms with E-state index in [1.807, 2.05) is 0 Å². The summed E-state index contributed by atoms with van der Waals surface area (Å²) in [4.78, 5) is 24.2. The molecule has 0 amide bonds. The molecule has 0 aliphatic carbocycles. The standard InChI is InChI=1S/C27H30N2O2/c1-19-20(10-12-26(30)24-11-13-27(31)29(2)18-24)4-3-5-25(19)23-8-6-21(7-9-23)22-14-16-28-17-15-22/h3-9,11,13,18,22,28H,10,12,14-17H2,1-2H3. The number of hydrogen-bond donors (Lipinski definition) is 1. The molecule has 2 heterocycles. The number of ketones is 1. The Kier molecular flexibility index (Phi) is 6.47. The molecule has 31 heavy (non-hydrogen) atoms. The second-order valence-corrected chi connectivity index (χ2v) is 8.53. The molecule has 0 atom stereocenters. The Labute approximate surface area is 183 Å². The van der Waals surface area contributed by atoms with Gasteiger partial charge in [0.25, 0.3) is 0 Å². The average Bonchev–Trinajstić information content (AvgIpc) is 2.81. The Hall–Kier alpha value is -2.98. The first kappa shape index (κ1) is 21.3. The van der Waals surface area contributed by atoms with Crippen LogP contribution in [0.25, 0.3) is 11.1 Å². The quantitative estimate of drug-likeness (QED) is 0.598. The van der Waals surface area contributed by atoms with Crippen LogP contribution in [0.1, 0.15) is 52.2 Å². The molecule has 1 N–H and O–H groups in total. The average molecular weight is 415 g/mol. The number of carbonyl (C=O) groups is 1. The van der Waals surface area contributed by atoms with Crippen molar-refractivity contribution in [3.05, 3.63) is 93.4 Å². The molecule has 1 aliphatic heterocycles. The Morgan fingerprint density at radius 2 is 1.77 bits per heavy atom. The van der Waals surface area contributed by atoms with Crippen molar-refractivity contribution in [2.24, 2.45) is 7.05 Å². The first-order valence-electron chi connectivity index (χ1n) is 11.1. The molecule has 4 heteroatoms. The summed E-state index contributed by atoms with van der Waals surface area (Å²) in [5, 5.41) is 3.43. The van der Waals surface area contributed by atoms with E-state index in [1.54, 1.807) is 19.3 Å². The summed E-state index contributed by atoms with van der Waals surface area (Å²) < 4.78 is 1.45. The maximum absolute atomic E-state index is 12.6. The smallest absolute Gasteiger partial charge is 0.250 e. The van der Waals surface area contributed by atoms with Crippen LogP contribution in [0, 0.1) is 6.92 Å². The second-order valence-electron chi connectivity index (χ2n) is 8.53. The van der Waals surface area contributed by atoms with Gasteiger partial charge in [-0.2, -0.15) is 0 Å². The van der Waals surface area contributed by atoms with Gasteiger partial charge in [-0.05, 0) is 79.1 Å². The highest BCUT2D eigenvalue weighted by Crippen LogP contribution is 2.30. The first-order chi connectivity index (χ1) is 15.0. The van der Waals surface area contributed by atoms with E-state index in [-0.39, 0.29) is 11.3 Å². The van der Waals surface area contributed by atoms with Crippen molar-refractivity contribution in [2.75, 3.05) is 13.1 Å². The van der Waals surface area contributed by atoms with Crippen LogP contribution in [0.2, 0.25) is 0 Å². The number of aromatic nitrogens is 1. The Morgan fingerprint density at radius 3 is 2.48 bits per heavy atom. The third-order valence-corrected chi connectivity index (χ3v) is 6.51. The zero-order chi connectivity index (χ0) is 21.8. The molecule has 1 aromatic heterocycles. The van der Waals surface area contributed by atoms with Gasteiger partial charge in [-0.1, -0.05) is 42.5 Å². The van der Waals surface area contributed by atoms with Crippen LogP contribution in [-0.4, -0.2) is 23.4 Å². The van der Waals surface area contributed by atoms with Crippen molar-refractivity contribution in [1.29, 1.82) is 0 Å². The number of piperidine rings is 1. The summed E-state index contributed by atoms with van der Waals surface area (Å²) >= 11 is 0. The van der Waals surface area contributed by atoms with Gasteiger partial charge in [0.15, 0.2) is 5.78 Å². The molecule has 0 bridgehead atoms. The van der Waals surface area contributed by atoms with Crippen LogP contribution in [0.15, 0.2) is 65.6 Å². The van der Waals surface area contributed by atoms with E-state index in [1.165, 1.54) is 51.3 Å². The van der Waals surface area contributed by atoms with Gasteiger partial charge >= 0.3 is 0 Å². The molecule has 1 saturated heterocycles. The minimum atomic E-state index is -0.105. The van der Waals surface area contributed by atoms with Crippen molar-refractivity contribution in [1.82, 2.24) is 9.88 Å². The SMILES string of the molecule is Cc1c(CCC(=O)c2ccc(=O)n(C)c2)cccc1-c1ccc(C2CCNCC2)cc1. The Morgan fingerprint density at radius 1 is 1.03 bits per heavy atom. The molecule has 1 aliphatic rings. The fourth-order valence-electron chi connectivity index (χ4n) is 4.51. The van der Waals surface area contributed by atoms with Gasteiger partial charge in [0.1, 0.15) is 0 Å². The molecule has 4 nitrogen and oxygen atoms in total. The predicted octanol–water partition coefficient (Wildman–Crippen LogP) is 4.64. The maximum atomic E-state index is 12.6. The zero-order valence-corrected chi connectivity index (χ0v) is 18.4. The normalized spacial score (nSPS) is 14.5. The lowest BCUT2D eigenvalue weighted by atomic mass is 9.88. The first-order valence-corrected chi connectivity index (χ1v) is 11.1. The molecule has 1 fully saturated rings. The molecular formula is C27H30N2O2. The maximum Gasteiger partial charge on any atom is 0.250 e. The number of carbonyl (C=O) groups excluding carboxylic acids is 1. The molecule has 0 radical (unpaired) electrons. The fraction of sp³-hybridized carbons (Fsp3) is 0.333. The highest BCUT2D eigenvalue weighted by atomic mass is 16.1. The topological polar surface area (TPSA) is 51.1 Å². The lowest BCUT2D eigenvalue weighted by Crippen LogP contribution is -2.26. The number of rotatable bonds is 6. The highest BCUT2D eigenvalue weighted by molar-refractivity contribution is 5.95. The molecule has 0 spiro atoms. The van der Waals surface area contributed by atoms with Gasteiger partial charge in [0.2, 0.25) is 5.56 Å². The van der Waals surface area contributed by atoms with Crippen molar-refractivity contribution in [2.45, 2.75) is 38.5 Å². The van der Waals surface area contributed by atoms with Crippen LogP contribution in [0.4, 0.5) is 0 Å². The molecule has 0 saturated carbocycles. The van der Waals surface area contributed by atoms with Gasteiger partial charge < -0.3 is 9.88 Å². The molecule has 4 rings (SSSR count). The molecular weight excluding hydrogens is 384 g/mol. The summed E-state index contributed by atoms with van der Waals surface area (Å²) in [5.74, 6) is 0.720. The number of nitrogens with zero attached hydrogens (tertiary/aromatic N) is 1. The fourth-order valence-corrected chi connectivity index (χ4v) is 4.51. The minimum Gasteiger partial charge on any atom is -0.318 e. The number of hydrogen-bond acceptors (Lipinski definition) is 3. The van der Waals surface area contributed by atoms with E-state index >= 15 is 0 Å². The van der Waals surface area contributed by atoms with E-state index in [9.17, 15) is 9.59 Å². The Bertz CT molecular complexity index is 1120. The molecule has 160 valence electrons. The van der Waals surface area contributed by atoms with E-state index in [0.717, 1.165) is 13.1 Å². The summed E-state index contributed by atoms with van der Waals surface area (Å²) in [6.45, 7) is 4.35. The minimum absolute atomic E-state index is 0.0618. The van der Waals surface area contributed by atoms with E-state index < -0.39 is 0 Å². The molecule has 0 unspecified atom stereocenters. The van der Waals surface area contributed by atoms with Crippen molar-refractivity contribution in [3.63, 3.8) is 0 Å². The molecule has 3 aromatic rings. The number of Topliss-reactive ketones (excluding diaryl/α,β-unsaturated/α-hetero) is 1. The predicted molar refractivity (Wildman–Crippen MR) is 126 cm³/mol. The Balaban J connectivity index is 1.48. The van der Waals surface area contributed by atoms with Crippen LogP contribution in [-0.2, 0) is 13.5 Å². The largest absolute Gasteiger partial charge is 0.318 e. The van der Waals surface area contributed by atoms with Crippen molar-refractivity contribution >= 4 is 5.78 Å². The van der Waals surface area contributed by atoms with Gasteiger partial charge in [0, 0.05) is 31.3 Å². The monoisotopic (exact) mass is 414 g/mol. The van der Waals surface area contributed by atoms with Gasteiger partial charge in [0.05, 0.1) is 0 Å². The zero-order valence-electron chi connectivity index (χ0n) is 18.4. The number of pyridine rings is 1. The highest BCUT2D eigenvalue weighted by Gasteiger charge is 2.15. The number of benzene rings is 2. The molecule has 2 aromatic carbocycles. The third kappa shape index (κ3) is 4.86. The lowest BCUT2D eigenvalue weighted by molar-refractivity contribution is 0.0982. The lowest BCUT2D eigenvalue weighted by Gasteiger charge is -2.23. The summed E-state index contributed by atoms with van der Waals surface area (Å²) in [6, 6.07) is 18.4. The summed E-state index contributed by atoms with van der Waals surface area (Å²) in [5.41, 5.74) is 6.78. The summed E-state index contributed by atoms with van der Waals surface area (Å²) in [6.07, 6.45) is 5.15. The number of aryl methyl sites for hydroxylation is 2. The van der Waals surface area contributed by atoms with Gasteiger partial charge in [-0.25, -0.2) is 0 Å². The van der Waals surface area contributed by atoms with E-state index in [0.29, 0.717) is 24.3 Å². The second kappa shape index (κ2) is 9.44. The van der Waals surface area contributed by atoms with Crippen molar-refractivity contribution in [3.8, 4) is 11.1 Å². The summed E-state index contributed by atoms with van der Waals surface area (Å²) in [7, 11) is 1.67. The van der Waals surface area contributed by atoms with Gasteiger partial charge in [-0.15, -0.1) is 0 Å². The van der Waals surface area contributed by atoms with E-state index in [4.69, 9.17) is 0 Å². The van der Waals surface area contributed by atoms with E-state index in [2.05, 4.69) is 54.7 Å². The van der Waals surface area contributed by atoms with Crippen LogP contribution < -0.4 is 10.9 Å². The van der Waals surface area contributed by atoms with Crippen LogP contribution in [0.5, 0.6) is 0 Å². The third-order valence-electron chi connectivity index (χ3n) is 6.51. The number of nitrogens with one attached hydrogen (secondary N) is 1. The van der Waals surface area contributed by atoms with Crippen molar-refractivity contribution < 1.29 is 4.79 Å². The van der Waals surface area contributed by atoms with Crippen LogP contribution in [0.3, 0.4) is 0 Å². The van der Waals surface area contributed by atoms with Gasteiger partial charge in [-0.3, -0.25) is 9.59 Å². The van der Waals surface area contributed by atoms with Crippen LogP contribution >= 0.6 is 0 Å².